The van der Waals surface area contributed by atoms with E-state index in [2.05, 4.69) is 21.4 Å². The second-order valence-corrected chi connectivity index (χ2v) is 3.74. The van der Waals surface area contributed by atoms with E-state index in [1.54, 1.807) is 0 Å². The van der Waals surface area contributed by atoms with Crippen LogP contribution >= 0.6 is 0 Å². The van der Waals surface area contributed by atoms with Crippen LogP contribution in [0, 0.1) is 0 Å². The van der Waals surface area contributed by atoms with Crippen molar-refractivity contribution in [1.29, 1.82) is 0 Å². The fourth-order valence-electron chi connectivity index (χ4n) is 0.549. The second kappa shape index (κ2) is 10.6. The van der Waals surface area contributed by atoms with Gasteiger partial charge in [0.25, 0.3) is 0 Å². The lowest BCUT2D eigenvalue weighted by molar-refractivity contribution is -0.116. The Balaban J connectivity index is 0. The first kappa shape index (κ1) is 17.4. The quantitative estimate of drug-likeness (QED) is 0.330. The Hall–Kier alpha value is -0.960. The molecule has 1 amide bonds. The number of amides is 1. The minimum absolute atomic E-state index is 0.101. The Morgan fingerprint density at radius 2 is 2.00 bits per heavy atom. The molecule has 0 aliphatic carbocycles. The van der Waals surface area contributed by atoms with Crippen molar-refractivity contribution in [2.45, 2.75) is 6.42 Å². The van der Waals surface area contributed by atoms with Gasteiger partial charge in [-0.2, -0.15) is 8.42 Å². The maximum Gasteiger partial charge on any atom is 0.397 e. The Labute approximate surface area is 95.8 Å². The van der Waals surface area contributed by atoms with E-state index in [1.807, 2.05) is 7.05 Å². The van der Waals surface area contributed by atoms with Gasteiger partial charge in [0.05, 0.1) is 7.11 Å². The standard InChI is InChI=1S/C7H14N2O.CH4O4S/c1-3-7(10)9-6-4-5-8-2;1-5-6(2,3)4/h3,8H,1,4-6H2,2H3,(H,9,10);1H3,(H,2,3,4). The summed E-state index contributed by atoms with van der Waals surface area (Å²) >= 11 is 0. The average Bonchev–Trinajstić information content (AvgIpc) is 2.24. The summed E-state index contributed by atoms with van der Waals surface area (Å²) in [6.07, 6.45) is 2.23. The molecule has 0 atom stereocenters. The van der Waals surface area contributed by atoms with Crippen LogP contribution in [0.1, 0.15) is 6.42 Å². The molecule has 3 N–H and O–H groups in total. The number of rotatable bonds is 6. The SMILES string of the molecule is C=CC(=O)NCCCNC.COS(=O)(=O)O. The lowest BCUT2D eigenvalue weighted by atomic mass is 10.4. The fourth-order valence-corrected chi connectivity index (χ4v) is 0.549. The van der Waals surface area contributed by atoms with Gasteiger partial charge < -0.3 is 10.6 Å². The first-order chi connectivity index (χ1) is 7.37. The van der Waals surface area contributed by atoms with Crippen LogP contribution < -0.4 is 10.6 Å². The van der Waals surface area contributed by atoms with Crippen LogP contribution in [0.3, 0.4) is 0 Å². The summed E-state index contributed by atoms with van der Waals surface area (Å²) in [6, 6.07) is 0. The third kappa shape index (κ3) is 18.8. The highest BCUT2D eigenvalue weighted by molar-refractivity contribution is 7.80. The molecule has 0 spiro atoms. The van der Waals surface area contributed by atoms with E-state index >= 15 is 0 Å². The summed E-state index contributed by atoms with van der Waals surface area (Å²) in [7, 11) is -1.41. The van der Waals surface area contributed by atoms with Gasteiger partial charge in [-0.1, -0.05) is 6.58 Å². The monoisotopic (exact) mass is 254 g/mol. The van der Waals surface area contributed by atoms with Crippen molar-refractivity contribution in [3.63, 3.8) is 0 Å². The predicted octanol–water partition coefficient (Wildman–Crippen LogP) is -0.666. The molecule has 0 saturated carbocycles. The highest BCUT2D eigenvalue weighted by Gasteiger charge is 1.94. The van der Waals surface area contributed by atoms with E-state index < -0.39 is 10.4 Å². The topological polar surface area (TPSA) is 105 Å². The van der Waals surface area contributed by atoms with E-state index in [0.717, 1.165) is 20.1 Å². The lowest BCUT2D eigenvalue weighted by Crippen LogP contribution is -2.24. The van der Waals surface area contributed by atoms with Gasteiger partial charge in [0.15, 0.2) is 0 Å². The number of nitrogens with one attached hydrogen (secondary N) is 2. The van der Waals surface area contributed by atoms with Crippen molar-refractivity contribution in [2.75, 3.05) is 27.2 Å². The predicted molar refractivity (Wildman–Crippen MR) is 60.3 cm³/mol. The first-order valence-electron chi connectivity index (χ1n) is 4.45. The molecule has 0 aromatic carbocycles. The largest absolute Gasteiger partial charge is 0.397 e. The van der Waals surface area contributed by atoms with Crippen LogP contribution in [-0.4, -0.2) is 46.1 Å². The van der Waals surface area contributed by atoms with Crippen molar-refractivity contribution in [2.24, 2.45) is 0 Å². The van der Waals surface area contributed by atoms with Crippen LogP contribution in [0.4, 0.5) is 0 Å². The molecule has 0 aromatic heterocycles. The molecule has 0 rings (SSSR count). The molecular formula is C8H18N2O5S. The first-order valence-corrected chi connectivity index (χ1v) is 5.81. The highest BCUT2D eigenvalue weighted by Crippen LogP contribution is 1.75. The summed E-state index contributed by atoms with van der Waals surface area (Å²) in [5, 5.41) is 5.65. The van der Waals surface area contributed by atoms with Crippen LogP contribution in [0.15, 0.2) is 12.7 Å². The molecule has 96 valence electrons. The zero-order chi connectivity index (χ0) is 13.0. The van der Waals surface area contributed by atoms with E-state index in [1.165, 1.54) is 6.08 Å². The van der Waals surface area contributed by atoms with Crippen molar-refractivity contribution >= 4 is 16.3 Å². The van der Waals surface area contributed by atoms with Crippen molar-refractivity contribution in [1.82, 2.24) is 10.6 Å². The lowest BCUT2D eigenvalue weighted by Gasteiger charge is -1.99. The fraction of sp³-hybridized carbons (Fsp3) is 0.625. The molecule has 0 fully saturated rings. The number of carbonyl (C=O) groups is 1. The molecule has 8 heteroatoms. The molecule has 0 heterocycles. The second-order valence-electron chi connectivity index (χ2n) is 2.55. The van der Waals surface area contributed by atoms with E-state index in [-0.39, 0.29) is 5.91 Å². The zero-order valence-corrected chi connectivity index (χ0v) is 10.2. The summed E-state index contributed by atoms with van der Waals surface area (Å²) in [5.41, 5.74) is 0. The highest BCUT2D eigenvalue weighted by atomic mass is 32.3. The van der Waals surface area contributed by atoms with Gasteiger partial charge in [-0.3, -0.25) is 13.5 Å². The third-order valence-electron chi connectivity index (χ3n) is 1.30. The average molecular weight is 254 g/mol. The van der Waals surface area contributed by atoms with Crippen LogP contribution in [0.25, 0.3) is 0 Å². The van der Waals surface area contributed by atoms with Gasteiger partial charge in [0.1, 0.15) is 0 Å². The maximum atomic E-state index is 10.5. The zero-order valence-electron chi connectivity index (χ0n) is 9.39. The van der Waals surface area contributed by atoms with E-state index in [4.69, 9.17) is 4.55 Å². The number of carbonyl (C=O) groups excluding carboxylic acids is 1. The summed E-state index contributed by atoms with van der Waals surface area (Å²) in [5.74, 6) is -0.101. The van der Waals surface area contributed by atoms with Gasteiger partial charge >= 0.3 is 10.4 Å². The van der Waals surface area contributed by atoms with Crippen LogP contribution in [0.5, 0.6) is 0 Å². The Morgan fingerprint density at radius 1 is 1.50 bits per heavy atom. The summed E-state index contributed by atoms with van der Waals surface area (Å²) < 4.78 is 29.7. The van der Waals surface area contributed by atoms with Gasteiger partial charge in [-0.15, -0.1) is 0 Å². The van der Waals surface area contributed by atoms with Crippen molar-refractivity contribution in [3.8, 4) is 0 Å². The molecule has 7 nitrogen and oxygen atoms in total. The minimum Gasteiger partial charge on any atom is -0.353 e. The molecule has 0 aliphatic rings. The maximum absolute atomic E-state index is 10.5. The number of hydrogen-bond acceptors (Lipinski definition) is 5. The van der Waals surface area contributed by atoms with Gasteiger partial charge in [0.2, 0.25) is 5.91 Å². The van der Waals surface area contributed by atoms with Crippen molar-refractivity contribution in [3.05, 3.63) is 12.7 Å². The van der Waals surface area contributed by atoms with E-state index in [0.29, 0.717) is 6.54 Å². The smallest absolute Gasteiger partial charge is 0.353 e. The van der Waals surface area contributed by atoms with Crippen LogP contribution in [-0.2, 0) is 19.4 Å². The third-order valence-corrected chi connectivity index (χ3v) is 1.72. The molecule has 0 aromatic rings. The number of hydrogen-bond donors (Lipinski definition) is 3. The van der Waals surface area contributed by atoms with Gasteiger partial charge in [0, 0.05) is 6.54 Å². The molecule has 0 bridgehead atoms. The molecule has 0 saturated heterocycles. The van der Waals surface area contributed by atoms with Gasteiger partial charge in [-0.25, -0.2) is 0 Å². The summed E-state index contributed by atoms with van der Waals surface area (Å²) in [6.45, 7) is 4.97. The van der Waals surface area contributed by atoms with Gasteiger partial charge in [-0.05, 0) is 26.1 Å². The molecule has 16 heavy (non-hydrogen) atoms. The van der Waals surface area contributed by atoms with Crippen molar-refractivity contribution < 1.29 is 21.9 Å². The van der Waals surface area contributed by atoms with Crippen LogP contribution in [0.2, 0.25) is 0 Å². The molecule has 0 unspecified atom stereocenters. The normalized spacial score (nSPS) is 9.94. The minimum atomic E-state index is -4.16. The molecule has 0 radical (unpaired) electrons. The van der Waals surface area contributed by atoms with E-state index in [9.17, 15) is 13.2 Å². The Bertz CT molecular complexity index is 289. The Morgan fingerprint density at radius 3 is 2.31 bits per heavy atom. The molecule has 0 aliphatic heterocycles. The Kier molecular flexibility index (Phi) is 11.5. The molecular weight excluding hydrogens is 236 g/mol. The summed E-state index contributed by atoms with van der Waals surface area (Å²) in [4.78, 5) is 10.5.